The predicted molar refractivity (Wildman–Crippen MR) is 112 cm³/mol. The van der Waals surface area contributed by atoms with E-state index in [9.17, 15) is 8.42 Å². The number of aromatic nitrogens is 2. The van der Waals surface area contributed by atoms with E-state index >= 15 is 0 Å². The summed E-state index contributed by atoms with van der Waals surface area (Å²) in [4.78, 5) is 10.9. The summed E-state index contributed by atoms with van der Waals surface area (Å²) in [6.45, 7) is 3.90. The van der Waals surface area contributed by atoms with Gasteiger partial charge in [-0.1, -0.05) is 18.3 Å². The van der Waals surface area contributed by atoms with Crippen LogP contribution in [0, 0.1) is 6.92 Å². The second kappa shape index (κ2) is 7.03. The number of benzene rings is 1. The average Bonchev–Trinajstić information content (AvgIpc) is 3.30. The fourth-order valence-corrected chi connectivity index (χ4v) is 6.02. The minimum atomic E-state index is -3.58. The smallest absolute Gasteiger partial charge is 0.271 e. The highest BCUT2D eigenvalue weighted by molar-refractivity contribution is 7.94. The van der Waals surface area contributed by atoms with Gasteiger partial charge in [0.1, 0.15) is 19.6 Å². The van der Waals surface area contributed by atoms with Gasteiger partial charge in [0, 0.05) is 16.6 Å². The van der Waals surface area contributed by atoms with Crippen LogP contribution in [-0.2, 0) is 16.4 Å². The second-order valence-electron chi connectivity index (χ2n) is 6.06. The van der Waals surface area contributed by atoms with Crippen LogP contribution >= 0.6 is 22.7 Å². The van der Waals surface area contributed by atoms with Crippen LogP contribution in [0.15, 0.2) is 52.9 Å². The van der Waals surface area contributed by atoms with E-state index in [-0.39, 0.29) is 0 Å². The van der Waals surface area contributed by atoms with E-state index in [2.05, 4.69) is 14.7 Å². The summed E-state index contributed by atoms with van der Waals surface area (Å²) < 4.78 is 28.3. The Labute approximate surface area is 165 Å². The maximum Gasteiger partial charge on any atom is 0.271 e. The van der Waals surface area contributed by atoms with Crippen LogP contribution in [0.3, 0.4) is 0 Å². The summed E-state index contributed by atoms with van der Waals surface area (Å²) in [5.41, 5.74) is 3.23. The monoisotopic (exact) mass is 415 g/mol. The van der Waals surface area contributed by atoms with Crippen LogP contribution in [0.5, 0.6) is 0 Å². The molecule has 0 aliphatic heterocycles. The molecule has 0 saturated heterocycles. The number of sulfonamides is 1. The molecule has 27 heavy (non-hydrogen) atoms. The van der Waals surface area contributed by atoms with Gasteiger partial charge in [-0.05, 0) is 61.4 Å². The normalized spacial score (nSPS) is 11.8. The predicted octanol–water partition coefficient (Wildman–Crippen LogP) is 5.09. The van der Waals surface area contributed by atoms with Crippen LogP contribution in [0.4, 0.5) is 5.69 Å². The molecule has 0 spiro atoms. The number of thiazole rings is 1. The Bertz CT molecular complexity index is 1190. The Balaban J connectivity index is 1.63. The minimum Gasteiger partial charge on any atom is -0.279 e. The lowest BCUT2D eigenvalue weighted by atomic mass is 10.1. The van der Waals surface area contributed by atoms with Crippen molar-refractivity contribution in [1.82, 2.24) is 9.97 Å². The lowest BCUT2D eigenvalue weighted by Gasteiger charge is -2.10. The first-order valence-electron chi connectivity index (χ1n) is 8.40. The molecule has 0 bridgehead atoms. The molecule has 4 rings (SSSR count). The summed E-state index contributed by atoms with van der Waals surface area (Å²) >= 11 is 2.82. The van der Waals surface area contributed by atoms with Gasteiger partial charge in [0.05, 0.1) is 5.69 Å². The van der Waals surface area contributed by atoms with Crippen molar-refractivity contribution in [3.63, 3.8) is 0 Å². The van der Waals surface area contributed by atoms with Crippen LogP contribution in [0.1, 0.15) is 17.4 Å². The lowest BCUT2D eigenvalue weighted by molar-refractivity contribution is 0.603. The van der Waals surface area contributed by atoms with Crippen LogP contribution < -0.4 is 4.72 Å². The third kappa shape index (κ3) is 3.60. The fraction of sp³-hybridized carbons (Fsp3) is 0.158. The Kier molecular flexibility index (Phi) is 4.71. The molecule has 0 fully saturated rings. The van der Waals surface area contributed by atoms with E-state index in [1.54, 1.807) is 18.3 Å². The van der Waals surface area contributed by atoms with Crippen molar-refractivity contribution in [2.45, 2.75) is 24.5 Å². The zero-order valence-electron chi connectivity index (χ0n) is 14.8. The molecule has 5 nitrogen and oxygen atoms in total. The molecule has 1 aromatic carbocycles. The number of rotatable bonds is 5. The van der Waals surface area contributed by atoms with Crippen molar-refractivity contribution in [3.05, 3.63) is 59.1 Å². The molecule has 0 saturated carbocycles. The van der Waals surface area contributed by atoms with Gasteiger partial charge in [0.15, 0.2) is 0 Å². The number of nitrogens with zero attached hydrogens (tertiary/aromatic N) is 2. The van der Waals surface area contributed by atoms with Crippen LogP contribution in [-0.4, -0.2) is 18.4 Å². The highest BCUT2D eigenvalue weighted by Crippen LogP contribution is 2.32. The van der Waals surface area contributed by atoms with Crippen molar-refractivity contribution in [1.29, 1.82) is 0 Å². The van der Waals surface area contributed by atoms with Crippen molar-refractivity contribution >= 4 is 48.7 Å². The van der Waals surface area contributed by atoms with Gasteiger partial charge in [-0.3, -0.25) is 4.72 Å². The molecule has 8 heteroatoms. The summed E-state index contributed by atoms with van der Waals surface area (Å²) in [7, 11) is -3.58. The summed E-state index contributed by atoms with van der Waals surface area (Å²) in [6.07, 6.45) is 2.58. The Morgan fingerprint density at radius 2 is 1.96 bits per heavy atom. The van der Waals surface area contributed by atoms with Gasteiger partial charge in [0.2, 0.25) is 0 Å². The minimum absolute atomic E-state index is 0.333. The van der Waals surface area contributed by atoms with Gasteiger partial charge in [-0.25, -0.2) is 18.4 Å². The highest BCUT2D eigenvalue weighted by Gasteiger charge is 2.18. The number of nitrogens with one attached hydrogen (secondary N) is 1. The number of fused-ring (bicyclic) bond motifs is 1. The quantitative estimate of drug-likeness (QED) is 0.493. The molecule has 0 radical (unpaired) electrons. The zero-order valence-corrected chi connectivity index (χ0v) is 17.2. The van der Waals surface area contributed by atoms with Gasteiger partial charge in [-0.2, -0.15) is 0 Å². The lowest BCUT2D eigenvalue weighted by Crippen LogP contribution is -2.12. The average molecular weight is 416 g/mol. The fourth-order valence-electron chi connectivity index (χ4n) is 2.69. The number of thiophene rings is 1. The van der Waals surface area contributed by atoms with Crippen molar-refractivity contribution in [2.75, 3.05) is 4.72 Å². The van der Waals surface area contributed by atoms with E-state index in [1.807, 2.05) is 44.2 Å². The van der Waals surface area contributed by atoms with Crippen molar-refractivity contribution in [2.24, 2.45) is 0 Å². The first kappa shape index (κ1) is 18.1. The molecule has 0 atom stereocenters. The molecule has 3 heterocycles. The van der Waals surface area contributed by atoms with E-state index in [4.69, 9.17) is 0 Å². The van der Waals surface area contributed by atoms with Crippen molar-refractivity contribution < 1.29 is 8.42 Å². The zero-order chi connectivity index (χ0) is 19.0. The standard InChI is InChI=1S/C19H17N3O2S3/c1-3-14-7-9-17(25-14)27(23,24)22-15-8-6-13(11-12(15)2)18-21-16-5-4-10-20-19(16)26-18/h4-11,22H,3H2,1-2H3. The molecule has 0 aliphatic carbocycles. The molecule has 1 N–H and O–H groups in total. The van der Waals surface area contributed by atoms with Crippen LogP contribution in [0.25, 0.3) is 20.9 Å². The van der Waals surface area contributed by atoms with Gasteiger partial charge in [0.25, 0.3) is 10.0 Å². The SMILES string of the molecule is CCc1ccc(S(=O)(=O)Nc2ccc(-c3nc4cccnc4s3)cc2C)s1. The number of hydrogen-bond donors (Lipinski definition) is 1. The molecule has 0 unspecified atom stereocenters. The molecule has 0 amide bonds. The van der Waals surface area contributed by atoms with Crippen LogP contribution in [0.2, 0.25) is 0 Å². The summed E-state index contributed by atoms with van der Waals surface area (Å²) in [6, 6.07) is 12.9. The third-order valence-electron chi connectivity index (χ3n) is 4.13. The van der Waals surface area contributed by atoms with E-state index in [0.717, 1.165) is 37.8 Å². The summed E-state index contributed by atoms with van der Waals surface area (Å²) in [5, 5.41) is 0.868. The van der Waals surface area contributed by atoms with Gasteiger partial charge >= 0.3 is 0 Å². The number of aryl methyl sites for hydroxylation is 2. The number of anilines is 1. The Morgan fingerprint density at radius 1 is 1.11 bits per heavy atom. The first-order chi connectivity index (χ1) is 13.0. The largest absolute Gasteiger partial charge is 0.279 e. The molecular formula is C19H17N3O2S3. The van der Waals surface area contributed by atoms with Gasteiger partial charge < -0.3 is 0 Å². The molecule has 0 aliphatic rings. The molecule has 4 aromatic rings. The number of pyridine rings is 1. The Hall–Kier alpha value is -2.29. The second-order valence-corrected chi connectivity index (χ2v) is 10.1. The van der Waals surface area contributed by atoms with Gasteiger partial charge in [-0.15, -0.1) is 11.3 Å². The van der Waals surface area contributed by atoms with Crippen molar-refractivity contribution in [3.8, 4) is 10.6 Å². The topological polar surface area (TPSA) is 72.0 Å². The van der Waals surface area contributed by atoms with E-state index < -0.39 is 10.0 Å². The third-order valence-corrected chi connectivity index (χ3v) is 8.25. The molecular weight excluding hydrogens is 398 g/mol. The maximum atomic E-state index is 12.6. The summed E-state index contributed by atoms with van der Waals surface area (Å²) in [5.74, 6) is 0. The first-order valence-corrected chi connectivity index (χ1v) is 11.5. The maximum absolute atomic E-state index is 12.6. The number of hydrogen-bond acceptors (Lipinski definition) is 6. The van der Waals surface area contributed by atoms with E-state index in [0.29, 0.717) is 9.90 Å². The highest BCUT2D eigenvalue weighted by atomic mass is 32.2. The molecule has 138 valence electrons. The molecule has 3 aromatic heterocycles. The van der Waals surface area contributed by atoms with E-state index in [1.165, 1.54) is 22.7 Å². The Morgan fingerprint density at radius 3 is 2.67 bits per heavy atom.